The summed E-state index contributed by atoms with van der Waals surface area (Å²) in [6, 6.07) is 3.96. The van der Waals surface area contributed by atoms with Crippen LogP contribution < -0.4 is 0 Å². The van der Waals surface area contributed by atoms with Crippen molar-refractivity contribution in [3.8, 4) is 0 Å². The predicted octanol–water partition coefficient (Wildman–Crippen LogP) is 3.85. The van der Waals surface area contributed by atoms with Crippen LogP contribution in [-0.4, -0.2) is 5.97 Å². The molecular weight excluding hydrogens is 268 g/mol. The van der Waals surface area contributed by atoms with Gasteiger partial charge in [-0.15, -0.1) is 0 Å². The second-order valence-electron chi connectivity index (χ2n) is 3.79. The van der Waals surface area contributed by atoms with Crippen molar-refractivity contribution in [2.75, 3.05) is 0 Å². The summed E-state index contributed by atoms with van der Waals surface area (Å²) in [5.74, 6) is -0.274. The summed E-state index contributed by atoms with van der Waals surface area (Å²) >= 11 is 3.53. The Morgan fingerprint density at radius 1 is 1.44 bits per heavy atom. The van der Waals surface area contributed by atoms with Crippen LogP contribution in [0.2, 0.25) is 0 Å². The molecule has 0 aromatic heterocycles. The number of carbonyl (C=O) groups is 1. The maximum atomic E-state index is 10.8. The molecule has 86 valence electrons. The third-order valence-corrected chi connectivity index (χ3v) is 3.19. The van der Waals surface area contributed by atoms with Gasteiger partial charge in [-0.25, -0.2) is 0 Å². The lowest BCUT2D eigenvalue weighted by Crippen LogP contribution is -2.01. The molecule has 0 fully saturated rings. The molecule has 1 aromatic rings. The molecule has 0 saturated heterocycles. The van der Waals surface area contributed by atoms with Crippen LogP contribution in [0.5, 0.6) is 0 Å². The van der Waals surface area contributed by atoms with Crippen molar-refractivity contribution in [1.29, 1.82) is 0 Å². The van der Waals surface area contributed by atoms with E-state index in [1.54, 1.807) is 0 Å². The molecule has 1 aromatic carbocycles. The van der Waals surface area contributed by atoms with Crippen LogP contribution in [0.15, 0.2) is 23.2 Å². The zero-order valence-electron chi connectivity index (χ0n) is 9.76. The van der Waals surface area contributed by atoms with Crippen LogP contribution in [-0.2, 0) is 16.1 Å². The van der Waals surface area contributed by atoms with E-state index in [2.05, 4.69) is 22.5 Å². The van der Waals surface area contributed by atoms with Crippen LogP contribution in [0.1, 0.15) is 30.5 Å². The first-order chi connectivity index (χ1) is 7.43. The molecule has 3 heteroatoms. The summed E-state index contributed by atoms with van der Waals surface area (Å²) in [6.07, 6.45) is 0. The quantitative estimate of drug-likeness (QED) is 0.787. The van der Waals surface area contributed by atoms with Crippen molar-refractivity contribution in [3.63, 3.8) is 0 Å². The van der Waals surface area contributed by atoms with Crippen molar-refractivity contribution in [3.05, 3.63) is 39.9 Å². The molecule has 0 amide bonds. The first kappa shape index (κ1) is 13.0. The molecule has 2 nitrogen and oxygen atoms in total. The smallest absolute Gasteiger partial charge is 0.302 e. The molecule has 0 aliphatic heterocycles. The van der Waals surface area contributed by atoms with Gasteiger partial charge in [0, 0.05) is 17.0 Å². The standard InChI is InChI=1S/C13H15BrO2/c1-8(2)12-9(3)5-6-11(13(12)14)7-16-10(4)15/h5-6H,1,7H2,2-4H3. The highest BCUT2D eigenvalue weighted by atomic mass is 79.9. The molecule has 0 radical (unpaired) electrons. The van der Waals surface area contributed by atoms with Gasteiger partial charge in [0.05, 0.1) is 0 Å². The molecule has 0 unspecified atom stereocenters. The van der Waals surface area contributed by atoms with Crippen molar-refractivity contribution in [2.45, 2.75) is 27.4 Å². The van der Waals surface area contributed by atoms with Gasteiger partial charge in [-0.3, -0.25) is 4.79 Å². The first-order valence-corrected chi connectivity index (χ1v) is 5.80. The van der Waals surface area contributed by atoms with Crippen LogP contribution in [0, 0.1) is 6.92 Å². The number of rotatable bonds is 3. The third kappa shape index (κ3) is 2.95. The topological polar surface area (TPSA) is 26.3 Å². The number of benzene rings is 1. The number of carbonyl (C=O) groups excluding carboxylic acids is 1. The number of ether oxygens (including phenoxy) is 1. The zero-order chi connectivity index (χ0) is 12.3. The minimum Gasteiger partial charge on any atom is -0.461 e. The molecule has 0 aliphatic rings. The molecule has 0 heterocycles. The first-order valence-electron chi connectivity index (χ1n) is 5.00. The number of esters is 1. The van der Waals surface area contributed by atoms with Gasteiger partial charge in [0.1, 0.15) is 6.61 Å². The summed E-state index contributed by atoms with van der Waals surface area (Å²) in [5.41, 5.74) is 4.20. The Bertz CT molecular complexity index is 436. The van der Waals surface area contributed by atoms with E-state index in [1.165, 1.54) is 6.92 Å². The predicted molar refractivity (Wildman–Crippen MR) is 69.1 cm³/mol. The fourth-order valence-electron chi connectivity index (χ4n) is 1.53. The molecule has 16 heavy (non-hydrogen) atoms. The summed E-state index contributed by atoms with van der Waals surface area (Å²) in [4.78, 5) is 10.8. The van der Waals surface area contributed by atoms with E-state index < -0.39 is 0 Å². The number of hydrogen-bond acceptors (Lipinski definition) is 2. The molecule has 0 spiro atoms. The molecule has 0 N–H and O–H groups in total. The highest BCUT2D eigenvalue weighted by Crippen LogP contribution is 2.30. The van der Waals surface area contributed by atoms with Gasteiger partial charge in [0.15, 0.2) is 0 Å². The Hall–Kier alpha value is -1.09. The summed E-state index contributed by atoms with van der Waals surface area (Å²) < 4.78 is 5.94. The van der Waals surface area contributed by atoms with E-state index in [0.29, 0.717) is 0 Å². The lowest BCUT2D eigenvalue weighted by atomic mass is 10.0. The van der Waals surface area contributed by atoms with Gasteiger partial charge in [0.2, 0.25) is 0 Å². The summed E-state index contributed by atoms with van der Waals surface area (Å²) in [6.45, 7) is 9.63. The van der Waals surface area contributed by atoms with Gasteiger partial charge in [-0.2, -0.15) is 0 Å². The molecule has 0 bridgehead atoms. The van der Waals surface area contributed by atoms with Crippen molar-refractivity contribution >= 4 is 27.5 Å². The summed E-state index contributed by atoms with van der Waals surface area (Å²) in [7, 11) is 0. The lowest BCUT2D eigenvalue weighted by molar-refractivity contribution is -0.142. The molecule has 0 atom stereocenters. The van der Waals surface area contributed by atoms with E-state index in [0.717, 1.165) is 26.7 Å². The van der Waals surface area contributed by atoms with E-state index in [1.807, 2.05) is 26.0 Å². The van der Waals surface area contributed by atoms with Crippen molar-refractivity contribution in [1.82, 2.24) is 0 Å². The Labute approximate surface area is 104 Å². The Morgan fingerprint density at radius 3 is 2.56 bits per heavy atom. The number of aryl methyl sites for hydroxylation is 1. The van der Waals surface area contributed by atoms with Gasteiger partial charge in [0.25, 0.3) is 0 Å². The van der Waals surface area contributed by atoms with Gasteiger partial charge in [-0.05, 0) is 46.5 Å². The lowest BCUT2D eigenvalue weighted by Gasteiger charge is -2.12. The fraction of sp³-hybridized carbons (Fsp3) is 0.308. The molecular formula is C13H15BrO2. The van der Waals surface area contributed by atoms with E-state index in [-0.39, 0.29) is 12.6 Å². The van der Waals surface area contributed by atoms with Gasteiger partial charge >= 0.3 is 5.97 Å². The van der Waals surface area contributed by atoms with Crippen LogP contribution in [0.4, 0.5) is 0 Å². The molecule has 0 aliphatic carbocycles. The fourth-order valence-corrected chi connectivity index (χ4v) is 2.43. The number of allylic oxidation sites excluding steroid dienone is 1. The number of halogens is 1. The van der Waals surface area contributed by atoms with Crippen LogP contribution in [0.3, 0.4) is 0 Å². The molecule has 0 saturated carbocycles. The SMILES string of the molecule is C=C(C)c1c(C)ccc(COC(C)=O)c1Br. The Balaban J connectivity index is 3.08. The molecule has 1 rings (SSSR count). The summed E-state index contributed by atoms with van der Waals surface area (Å²) in [5, 5.41) is 0. The Kier molecular flexibility index (Phi) is 4.30. The largest absolute Gasteiger partial charge is 0.461 e. The minimum absolute atomic E-state index is 0.274. The second kappa shape index (κ2) is 5.30. The van der Waals surface area contributed by atoms with Crippen LogP contribution >= 0.6 is 15.9 Å². The normalized spacial score (nSPS) is 10.0. The maximum Gasteiger partial charge on any atom is 0.302 e. The minimum atomic E-state index is -0.274. The van der Waals surface area contributed by atoms with Crippen molar-refractivity contribution in [2.24, 2.45) is 0 Å². The van der Waals surface area contributed by atoms with Crippen LogP contribution in [0.25, 0.3) is 5.57 Å². The zero-order valence-corrected chi connectivity index (χ0v) is 11.3. The highest BCUT2D eigenvalue weighted by Gasteiger charge is 2.10. The van der Waals surface area contributed by atoms with Crippen molar-refractivity contribution < 1.29 is 9.53 Å². The average Bonchev–Trinajstić information content (AvgIpc) is 2.15. The maximum absolute atomic E-state index is 10.8. The third-order valence-electron chi connectivity index (χ3n) is 2.29. The van der Waals surface area contributed by atoms with E-state index in [9.17, 15) is 4.79 Å². The monoisotopic (exact) mass is 282 g/mol. The van der Waals surface area contributed by atoms with Gasteiger partial charge < -0.3 is 4.74 Å². The number of hydrogen-bond donors (Lipinski definition) is 0. The highest BCUT2D eigenvalue weighted by molar-refractivity contribution is 9.10. The average molecular weight is 283 g/mol. The Morgan fingerprint density at radius 2 is 2.06 bits per heavy atom. The van der Waals surface area contributed by atoms with E-state index in [4.69, 9.17) is 4.74 Å². The van der Waals surface area contributed by atoms with E-state index >= 15 is 0 Å². The van der Waals surface area contributed by atoms with Gasteiger partial charge in [-0.1, -0.05) is 18.7 Å². The second-order valence-corrected chi connectivity index (χ2v) is 4.58.